The van der Waals surface area contributed by atoms with Gasteiger partial charge in [0.1, 0.15) is 11.9 Å². The molecular formula is C16H18FN3S. The molecular weight excluding hydrogens is 285 g/mol. The first-order valence-corrected chi connectivity index (χ1v) is 7.88. The van der Waals surface area contributed by atoms with Crippen LogP contribution in [0.1, 0.15) is 25.0 Å². The lowest BCUT2D eigenvalue weighted by Gasteiger charge is -2.24. The maximum absolute atomic E-state index is 13.7. The summed E-state index contributed by atoms with van der Waals surface area (Å²) in [4.78, 5) is 4.28. The van der Waals surface area contributed by atoms with Gasteiger partial charge in [0, 0.05) is 22.9 Å². The Labute approximate surface area is 128 Å². The van der Waals surface area contributed by atoms with E-state index in [1.807, 2.05) is 13.2 Å². The predicted molar refractivity (Wildman–Crippen MR) is 87.2 cm³/mol. The summed E-state index contributed by atoms with van der Waals surface area (Å²) < 4.78 is 13.7. The first kappa shape index (κ1) is 15.6. The van der Waals surface area contributed by atoms with E-state index in [1.54, 1.807) is 18.0 Å². The Hall–Kier alpha value is -1.80. The fraction of sp³-hybridized carbons (Fsp3) is 0.375. The smallest absolute Gasteiger partial charge is 0.124 e. The van der Waals surface area contributed by atoms with E-state index < -0.39 is 0 Å². The summed E-state index contributed by atoms with van der Waals surface area (Å²) in [6, 6.07) is 5.02. The number of rotatable bonds is 4. The van der Waals surface area contributed by atoms with Crippen LogP contribution in [0.2, 0.25) is 0 Å². The van der Waals surface area contributed by atoms with E-state index in [0.717, 1.165) is 11.1 Å². The molecule has 110 valence electrons. The van der Waals surface area contributed by atoms with Gasteiger partial charge in [-0.05, 0) is 44.7 Å². The van der Waals surface area contributed by atoms with Gasteiger partial charge in [0.2, 0.25) is 0 Å². The molecule has 2 aromatic rings. The molecule has 0 saturated heterocycles. The molecule has 1 heterocycles. The van der Waals surface area contributed by atoms with Gasteiger partial charge in [0.15, 0.2) is 0 Å². The highest BCUT2D eigenvalue weighted by Crippen LogP contribution is 2.30. The fourth-order valence-electron chi connectivity index (χ4n) is 2.08. The molecule has 0 radical (unpaired) electrons. The van der Waals surface area contributed by atoms with Crippen LogP contribution in [0, 0.1) is 24.1 Å². The zero-order valence-electron chi connectivity index (χ0n) is 12.6. The molecule has 0 unspecified atom stereocenters. The number of hydrogen-bond donors (Lipinski definition) is 1. The summed E-state index contributed by atoms with van der Waals surface area (Å²) >= 11 is 1.74. The lowest BCUT2D eigenvalue weighted by molar-refractivity contribution is 0.628. The standard InChI is InChI=1S/C16H18FN3S/c1-10-5-12(17)6-13-14(10)19-8-11(7-18)15(13)20-9-16(2,3)21-4/h5-6,8H,9H2,1-4H3,(H,19,20). The number of hydrogen-bond acceptors (Lipinski definition) is 4. The van der Waals surface area contributed by atoms with Crippen LogP contribution in [-0.4, -0.2) is 22.5 Å². The third-order valence-corrected chi connectivity index (χ3v) is 4.74. The van der Waals surface area contributed by atoms with Crippen LogP contribution in [0.15, 0.2) is 18.3 Å². The molecule has 0 fully saturated rings. The van der Waals surface area contributed by atoms with Gasteiger partial charge in [-0.1, -0.05) is 0 Å². The molecule has 0 spiro atoms. The van der Waals surface area contributed by atoms with Gasteiger partial charge in [-0.25, -0.2) is 4.39 Å². The van der Waals surface area contributed by atoms with E-state index in [1.165, 1.54) is 12.1 Å². The quantitative estimate of drug-likeness (QED) is 0.923. The van der Waals surface area contributed by atoms with Crippen LogP contribution in [0.25, 0.3) is 10.9 Å². The summed E-state index contributed by atoms with van der Waals surface area (Å²) in [6.07, 6.45) is 3.59. The summed E-state index contributed by atoms with van der Waals surface area (Å²) in [7, 11) is 0. The van der Waals surface area contributed by atoms with Crippen LogP contribution in [0.5, 0.6) is 0 Å². The molecule has 3 nitrogen and oxygen atoms in total. The number of aromatic nitrogens is 1. The summed E-state index contributed by atoms with van der Waals surface area (Å²) in [5.41, 5.74) is 2.58. The molecule has 1 aromatic heterocycles. The highest BCUT2D eigenvalue weighted by Gasteiger charge is 2.18. The van der Waals surface area contributed by atoms with Gasteiger partial charge in [0.25, 0.3) is 0 Å². The first-order chi connectivity index (χ1) is 9.88. The first-order valence-electron chi connectivity index (χ1n) is 6.66. The molecule has 0 aliphatic heterocycles. The molecule has 0 aliphatic rings. The van der Waals surface area contributed by atoms with Crippen LogP contribution < -0.4 is 5.32 Å². The summed E-state index contributed by atoms with van der Waals surface area (Å²) in [6.45, 7) is 6.73. The Bertz CT molecular complexity index is 720. The number of anilines is 1. The number of fused-ring (bicyclic) bond motifs is 1. The van der Waals surface area contributed by atoms with Crippen molar-refractivity contribution in [1.82, 2.24) is 4.98 Å². The summed E-state index contributed by atoms with van der Waals surface area (Å²) in [5.74, 6) is -0.316. The Morgan fingerprint density at radius 1 is 1.43 bits per heavy atom. The van der Waals surface area contributed by atoms with Gasteiger partial charge in [-0.2, -0.15) is 17.0 Å². The molecule has 5 heteroatoms. The average Bonchev–Trinajstić information content (AvgIpc) is 2.44. The monoisotopic (exact) mass is 303 g/mol. The second-order valence-corrected chi connectivity index (χ2v) is 7.11. The van der Waals surface area contributed by atoms with E-state index >= 15 is 0 Å². The second-order valence-electron chi connectivity index (χ2n) is 5.59. The Morgan fingerprint density at radius 3 is 2.76 bits per heavy atom. The Kier molecular flexibility index (Phi) is 4.38. The maximum Gasteiger partial charge on any atom is 0.124 e. The SMILES string of the molecule is CSC(C)(C)CNc1c(C#N)cnc2c(C)cc(F)cc12. The average molecular weight is 303 g/mol. The van der Waals surface area contributed by atoms with E-state index in [4.69, 9.17) is 0 Å². The topological polar surface area (TPSA) is 48.7 Å². The zero-order valence-corrected chi connectivity index (χ0v) is 13.4. The van der Waals surface area contributed by atoms with E-state index in [-0.39, 0.29) is 10.6 Å². The van der Waals surface area contributed by atoms with Gasteiger partial charge in [-0.3, -0.25) is 4.98 Å². The number of aryl methyl sites for hydroxylation is 1. The number of benzene rings is 1. The minimum atomic E-state index is -0.316. The van der Waals surface area contributed by atoms with Crippen molar-refractivity contribution in [3.05, 3.63) is 35.3 Å². The molecule has 1 N–H and O–H groups in total. The number of nitrogens with one attached hydrogen (secondary N) is 1. The summed E-state index contributed by atoms with van der Waals surface area (Å²) in [5, 5.41) is 13.2. The van der Waals surface area contributed by atoms with Crippen LogP contribution in [-0.2, 0) is 0 Å². The molecule has 0 aliphatic carbocycles. The fourth-order valence-corrected chi connectivity index (χ4v) is 2.30. The number of nitrogens with zero attached hydrogens (tertiary/aromatic N) is 2. The molecule has 0 amide bonds. The lowest BCUT2D eigenvalue weighted by atomic mass is 10.1. The van der Waals surface area contributed by atoms with E-state index in [9.17, 15) is 9.65 Å². The molecule has 21 heavy (non-hydrogen) atoms. The van der Waals surface area contributed by atoms with E-state index in [2.05, 4.69) is 30.2 Å². The minimum Gasteiger partial charge on any atom is -0.382 e. The largest absolute Gasteiger partial charge is 0.382 e. The molecule has 2 rings (SSSR count). The van der Waals surface area contributed by atoms with Gasteiger partial charge in [0.05, 0.1) is 16.8 Å². The lowest BCUT2D eigenvalue weighted by Crippen LogP contribution is -2.26. The Balaban J connectivity index is 2.56. The third kappa shape index (κ3) is 3.27. The number of pyridine rings is 1. The second kappa shape index (κ2) is 5.90. The van der Waals surface area contributed by atoms with Crippen molar-refractivity contribution < 1.29 is 4.39 Å². The van der Waals surface area contributed by atoms with Crippen LogP contribution in [0.4, 0.5) is 10.1 Å². The van der Waals surface area contributed by atoms with Crippen molar-refractivity contribution in [3.8, 4) is 6.07 Å². The normalized spacial score (nSPS) is 11.4. The number of nitriles is 1. The van der Waals surface area contributed by atoms with E-state index in [0.29, 0.717) is 23.2 Å². The van der Waals surface area contributed by atoms with Crippen molar-refractivity contribution in [2.24, 2.45) is 0 Å². The molecule has 1 aromatic carbocycles. The van der Waals surface area contributed by atoms with Crippen LogP contribution >= 0.6 is 11.8 Å². The van der Waals surface area contributed by atoms with Crippen molar-refractivity contribution in [3.63, 3.8) is 0 Å². The van der Waals surface area contributed by atoms with Gasteiger partial charge in [-0.15, -0.1) is 0 Å². The minimum absolute atomic E-state index is 0.0185. The van der Waals surface area contributed by atoms with Crippen LogP contribution in [0.3, 0.4) is 0 Å². The Morgan fingerprint density at radius 2 is 2.14 bits per heavy atom. The van der Waals surface area contributed by atoms with Crippen molar-refractivity contribution in [2.45, 2.75) is 25.5 Å². The molecule has 0 saturated carbocycles. The highest BCUT2D eigenvalue weighted by molar-refractivity contribution is 7.99. The highest BCUT2D eigenvalue weighted by atomic mass is 32.2. The predicted octanol–water partition coefficient (Wildman–Crippen LogP) is 4.11. The molecule has 0 bridgehead atoms. The number of halogens is 1. The zero-order chi connectivity index (χ0) is 15.6. The van der Waals surface area contributed by atoms with Gasteiger partial charge < -0.3 is 5.32 Å². The molecule has 0 atom stereocenters. The van der Waals surface area contributed by atoms with Crippen molar-refractivity contribution in [1.29, 1.82) is 5.26 Å². The van der Waals surface area contributed by atoms with Gasteiger partial charge >= 0.3 is 0 Å². The third-order valence-electron chi connectivity index (χ3n) is 3.49. The maximum atomic E-state index is 13.7. The van der Waals surface area contributed by atoms with Crippen molar-refractivity contribution in [2.75, 3.05) is 18.1 Å². The number of thioether (sulfide) groups is 1. The van der Waals surface area contributed by atoms with Crippen molar-refractivity contribution >= 4 is 28.4 Å².